The van der Waals surface area contributed by atoms with Crippen LogP contribution in [0.1, 0.15) is 10.5 Å². The van der Waals surface area contributed by atoms with Gasteiger partial charge in [0.1, 0.15) is 5.69 Å². The van der Waals surface area contributed by atoms with Crippen molar-refractivity contribution in [2.24, 2.45) is 0 Å². The van der Waals surface area contributed by atoms with Gasteiger partial charge in [0.25, 0.3) is 5.91 Å². The molecule has 0 aliphatic heterocycles. The summed E-state index contributed by atoms with van der Waals surface area (Å²) in [5.74, 6) is -0.0116. The predicted molar refractivity (Wildman–Crippen MR) is 81.8 cm³/mol. The highest BCUT2D eigenvalue weighted by Crippen LogP contribution is 2.25. The summed E-state index contributed by atoms with van der Waals surface area (Å²) in [5.41, 5.74) is 3.93. The molecule has 3 nitrogen and oxygen atoms in total. The zero-order valence-corrected chi connectivity index (χ0v) is 11.6. The highest BCUT2D eigenvalue weighted by atomic mass is 16.2. The summed E-state index contributed by atoms with van der Waals surface area (Å²) < 4.78 is 0. The number of hydrogen-bond acceptors (Lipinski definition) is 1. The fourth-order valence-corrected chi connectivity index (χ4v) is 2.30. The van der Waals surface area contributed by atoms with Crippen LogP contribution < -0.4 is 0 Å². The summed E-state index contributed by atoms with van der Waals surface area (Å²) in [6, 6.07) is 18.3. The first-order valence-electron chi connectivity index (χ1n) is 6.55. The van der Waals surface area contributed by atoms with E-state index < -0.39 is 0 Å². The van der Waals surface area contributed by atoms with Crippen molar-refractivity contribution < 1.29 is 4.79 Å². The minimum absolute atomic E-state index is 0.0116. The summed E-state index contributed by atoms with van der Waals surface area (Å²) in [4.78, 5) is 16.7. The van der Waals surface area contributed by atoms with Gasteiger partial charge in [-0.25, -0.2) is 0 Å². The van der Waals surface area contributed by atoms with Crippen LogP contribution in [-0.4, -0.2) is 29.9 Å². The number of carbonyl (C=O) groups excluding carboxylic acids is 1. The van der Waals surface area contributed by atoms with E-state index in [1.54, 1.807) is 19.0 Å². The summed E-state index contributed by atoms with van der Waals surface area (Å²) in [6.45, 7) is 0. The molecule has 3 rings (SSSR count). The standard InChI is InChI=1S/C17H16N2O/c1-19(2)17(20)16-11-14-10-13(8-9-15(14)18-16)12-6-4-3-5-7-12/h3-11,18H,1-2H3. The van der Waals surface area contributed by atoms with Crippen molar-refractivity contribution in [2.45, 2.75) is 0 Å². The number of rotatable bonds is 2. The monoisotopic (exact) mass is 264 g/mol. The van der Waals surface area contributed by atoms with E-state index in [0.29, 0.717) is 5.69 Å². The zero-order chi connectivity index (χ0) is 14.1. The van der Waals surface area contributed by atoms with Crippen LogP contribution in [0, 0.1) is 0 Å². The lowest BCUT2D eigenvalue weighted by Gasteiger charge is -2.07. The number of aromatic amines is 1. The molecule has 2 aromatic carbocycles. The Morgan fingerprint density at radius 2 is 1.70 bits per heavy atom. The maximum atomic E-state index is 12.0. The fraction of sp³-hybridized carbons (Fsp3) is 0.118. The minimum Gasteiger partial charge on any atom is -0.351 e. The first kappa shape index (κ1) is 12.5. The molecule has 0 saturated heterocycles. The molecule has 0 fully saturated rings. The van der Waals surface area contributed by atoms with E-state index in [9.17, 15) is 4.79 Å². The topological polar surface area (TPSA) is 36.1 Å². The van der Waals surface area contributed by atoms with Crippen molar-refractivity contribution >= 4 is 16.8 Å². The molecule has 1 aromatic heterocycles. The third-order valence-corrected chi connectivity index (χ3v) is 3.36. The summed E-state index contributed by atoms with van der Waals surface area (Å²) in [7, 11) is 3.51. The van der Waals surface area contributed by atoms with Crippen molar-refractivity contribution in [2.75, 3.05) is 14.1 Å². The van der Waals surface area contributed by atoms with Gasteiger partial charge in [0.05, 0.1) is 0 Å². The molecule has 20 heavy (non-hydrogen) atoms. The quantitative estimate of drug-likeness (QED) is 0.755. The van der Waals surface area contributed by atoms with Crippen LogP contribution in [0.15, 0.2) is 54.6 Å². The van der Waals surface area contributed by atoms with E-state index in [1.165, 1.54) is 5.56 Å². The Kier molecular flexibility index (Phi) is 3.03. The van der Waals surface area contributed by atoms with Crippen LogP contribution in [0.5, 0.6) is 0 Å². The molecule has 3 aromatic rings. The first-order valence-corrected chi connectivity index (χ1v) is 6.55. The van der Waals surface area contributed by atoms with Gasteiger partial charge >= 0.3 is 0 Å². The molecule has 0 radical (unpaired) electrons. The Bertz CT molecular complexity index is 757. The molecule has 0 unspecified atom stereocenters. The van der Waals surface area contributed by atoms with Gasteiger partial charge in [0.2, 0.25) is 0 Å². The SMILES string of the molecule is CN(C)C(=O)c1cc2cc(-c3ccccc3)ccc2[nH]1. The average Bonchev–Trinajstić information content (AvgIpc) is 2.90. The van der Waals surface area contributed by atoms with Crippen LogP contribution in [0.2, 0.25) is 0 Å². The van der Waals surface area contributed by atoms with Crippen molar-refractivity contribution in [3.8, 4) is 11.1 Å². The number of fused-ring (bicyclic) bond motifs is 1. The maximum Gasteiger partial charge on any atom is 0.269 e. The van der Waals surface area contributed by atoms with Gasteiger partial charge in [-0.05, 0) is 29.3 Å². The molecule has 0 bridgehead atoms. The number of H-pyrrole nitrogens is 1. The summed E-state index contributed by atoms with van der Waals surface area (Å²) in [6.07, 6.45) is 0. The molecule has 0 saturated carbocycles. The van der Waals surface area contributed by atoms with E-state index in [4.69, 9.17) is 0 Å². The molecule has 0 aliphatic rings. The average molecular weight is 264 g/mol. The van der Waals surface area contributed by atoms with Crippen molar-refractivity contribution in [3.63, 3.8) is 0 Å². The molecule has 100 valence electrons. The Morgan fingerprint density at radius 1 is 0.950 bits per heavy atom. The van der Waals surface area contributed by atoms with E-state index in [2.05, 4.69) is 29.2 Å². The highest BCUT2D eigenvalue weighted by molar-refractivity contribution is 5.98. The van der Waals surface area contributed by atoms with E-state index in [0.717, 1.165) is 16.5 Å². The lowest BCUT2D eigenvalue weighted by Crippen LogP contribution is -2.21. The highest BCUT2D eigenvalue weighted by Gasteiger charge is 2.11. The summed E-state index contributed by atoms with van der Waals surface area (Å²) >= 11 is 0. The van der Waals surface area contributed by atoms with Crippen LogP contribution in [0.4, 0.5) is 0 Å². The minimum atomic E-state index is -0.0116. The molecule has 0 aliphatic carbocycles. The number of nitrogens with zero attached hydrogens (tertiary/aromatic N) is 1. The van der Waals surface area contributed by atoms with Gasteiger partial charge in [-0.1, -0.05) is 36.4 Å². The second-order valence-corrected chi connectivity index (χ2v) is 5.05. The van der Waals surface area contributed by atoms with Gasteiger partial charge in [-0.2, -0.15) is 0 Å². The largest absolute Gasteiger partial charge is 0.351 e. The van der Waals surface area contributed by atoms with Crippen molar-refractivity contribution in [1.29, 1.82) is 0 Å². The van der Waals surface area contributed by atoms with E-state index >= 15 is 0 Å². The molecule has 0 spiro atoms. The molecule has 0 atom stereocenters. The number of nitrogens with one attached hydrogen (secondary N) is 1. The normalized spacial score (nSPS) is 10.7. The van der Waals surface area contributed by atoms with Gasteiger partial charge in [-0.15, -0.1) is 0 Å². The predicted octanol–water partition coefficient (Wildman–Crippen LogP) is 3.54. The van der Waals surface area contributed by atoms with Crippen LogP contribution in [-0.2, 0) is 0 Å². The summed E-state index contributed by atoms with van der Waals surface area (Å²) in [5, 5.41) is 1.05. The molecule has 3 heteroatoms. The first-order chi connectivity index (χ1) is 9.65. The van der Waals surface area contributed by atoms with Gasteiger partial charge in [0.15, 0.2) is 0 Å². The zero-order valence-electron chi connectivity index (χ0n) is 11.6. The fourth-order valence-electron chi connectivity index (χ4n) is 2.30. The van der Waals surface area contributed by atoms with Crippen LogP contribution in [0.3, 0.4) is 0 Å². The van der Waals surface area contributed by atoms with Gasteiger partial charge in [0, 0.05) is 25.0 Å². The molecule has 1 amide bonds. The second kappa shape index (κ2) is 4.85. The number of carbonyl (C=O) groups is 1. The Hall–Kier alpha value is -2.55. The Balaban J connectivity index is 2.06. The van der Waals surface area contributed by atoms with E-state index in [1.807, 2.05) is 30.3 Å². The van der Waals surface area contributed by atoms with Gasteiger partial charge in [-0.3, -0.25) is 4.79 Å². The van der Waals surface area contributed by atoms with Crippen LogP contribution in [0.25, 0.3) is 22.0 Å². The Morgan fingerprint density at radius 3 is 2.40 bits per heavy atom. The third kappa shape index (κ3) is 2.18. The number of hydrogen-bond donors (Lipinski definition) is 1. The van der Waals surface area contributed by atoms with Crippen molar-refractivity contribution in [3.05, 3.63) is 60.3 Å². The smallest absolute Gasteiger partial charge is 0.269 e. The second-order valence-electron chi connectivity index (χ2n) is 5.05. The Labute approximate surface area is 117 Å². The van der Waals surface area contributed by atoms with Crippen molar-refractivity contribution in [1.82, 2.24) is 9.88 Å². The molecule has 1 heterocycles. The lowest BCUT2D eigenvalue weighted by atomic mass is 10.0. The lowest BCUT2D eigenvalue weighted by molar-refractivity contribution is 0.0823. The number of amides is 1. The maximum absolute atomic E-state index is 12.0. The molecular formula is C17H16N2O. The van der Waals surface area contributed by atoms with Crippen LogP contribution >= 0.6 is 0 Å². The molecular weight excluding hydrogens is 248 g/mol. The number of benzene rings is 2. The van der Waals surface area contributed by atoms with E-state index in [-0.39, 0.29) is 5.91 Å². The third-order valence-electron chi connectivity index (χ3n) is 3.36. The number of aromatic nitrogens is 1. The molecule has 1 N–H and O–H groups in total. The van der Waals surface area contributed by atoms with Gasteiger partial charge < -0.3 is 9.88 Å².